The second-order valence-electron chi connectivity index (χ2n) is 13.4. The number of aryl methyl sites for hydroxylation is 1. The van der Waals surface area contributed by atoms with Crippen molar-refractivity contribution in [3.8, 4) is 5.75 Å². The number of benzene rings is 1. The molecule has 4 N–H and O–H groups in total. The van der Waals surface area contributed by atoms with E-state index in [1.807, 2.05) is 6.92 Å². The molecular weight excluding hydrogens is 472 g/mol. The summed E-state index contributed by atoms with van der Waals surface area (Å²) in [5.41, 5.74) is 2.29. The van der Waals surface area contributed by atoms with Crippen molar-refractivity contribution in [1.82, 2.24) is 0 Å². The molecule has 0 saturated heterocycles. The molecule has 0 amide bonds. The van der Waals surface area contributed by atoms with Crippen LogP contribution >= 0.6 is 0 Å². The topological polar surface area (TPSA) is 80.9 Å². The first-order valence-electron chi connectivity index (χ1n) is 14.2. The predicted octanol–water partition coefficient (Wildman–Crippen LogP) is 8.03. The van der Waals surface area contributed by atoms with Gasteiger partial charge < -0.3 is 20.4 Å². The molecule has 0 aliphatic heterocycles. The van der Waals surface area contributed by atoms with Crippen LogP contribution < -0.4 is 0 Å². The van der Waals surface area contributed by atoms with Crippen molar-refractivity contribution >= 4 is 5.57 Å². The Kier molecular flexibility index (Phi) is 6.30. The number of aliphatic hydroxyl groups excluding tert-OH is 2. The molecule has 0 unspecified atom stereocenters. The third-order valence-electron chi connectivity index (χ3n) is 10.4. The Morgan fingerprint density at radius 3 is 2.32 bits per heavy atom. The van der Waals surface area contributed by atoms with Gasteiger partial charge in [-0.05, 0) is 78.4 Å². The number of aliphatic hydroxyl groups is 3. The number of phenolic OH excluding ortho intramolecular Hbond substituents is 1. The van der Waals surface area contributed by atoms with Gasteiger partial charge in [0.1, 0.15) is 17.3 Å². The summed E-state index contributed by atoms with van der Waals surface area (Å²) >= 11 is 0. The summed E-state index contributed by atoms with van der Waals surface area (Å²) in [4.78, 5) is 0. The first kappa shape index (κ1) is 26.9. The van der Waals surface area contributed by atoms with E-state index in [1.54, 1.807) is 13.0 Å². The van der Waals surface area contributed by atoms with E-state index in [0.29, 0.717) is 40.7 Å². The highest BCUT2D eigenvalue weighted by Crippen LogP contribution is 2.66. The van der Waals surface area contributed by atoms with Crippen LogP contribution in [-0.4, -0.2) is 26.0 Å². The van der Waals surface area contributed by atoms with Crippen LogP contribution in [0.2, 0.25) is 0 Å². The van der Waals surface area contributed by atoms with Crippen LogP contribution in [0.4, 0.5) is 0 Å². The molecule has 1 saturated carbocycles. The number of phenols is 1. The highest BCUT2D eigenvalue weighted by molar-refractivity contribution is 5.88. The standard InChI is InChI=1S/C34H44O4/c1-19(2)28-22(5)34(38)31(37)30-21(4)29-25(16-32(30,6)18-33(34,7)17-27(28)36)24(14-15-26(29)35)13-12-23-10-8-20(3)9-11-23/h14-15,20,23,35-38H,1,4-5,8-13,16-18H2,2-3,6-7H3/t20?,23?,32-,33+,34+/m1/s1. The SMILES string of the molecule is C=C(C)C1=C(O)C[C@@]2(C)C[C@@]3(C)Cc4c(CCC5CCC(C)CC5)ccc(O)c4C(=C)C3=C(O)[C@@]2(O)C1=C. The van der Waals surface area contributed by atoms with E-state index in [-0.39, 0.29) is 29.3 Å². The summed E-state index contributed by atoms with van der Waals surface area (Å²) in [6.07, 6.45) is 8.65. The fourth-order valence-corrected chi connectivity index (χ4v) is 8.45. The molecule has 4 heteroatoms. The number of fused-ring (bicyclic) bond motifs is 3. The van der Waals surface area contributed by atoms with E-state index < -0.39 is 16.4 Å². The Morgan fingerprint density at radius 2 is 1.68 bits per heavy atom. The zero-order valence-corrected chi connectivity index (χ0v) is 23.6. The number of hydrogen-bond donors (Lipinski definition) is 4. The molecule has 204 valence electrons. The first-order valence-corrected chi connectivity index (χ1v) is 14.2. The van der Waals surface area contributed by atoms with Crippen molar-refractivity contribution in [1.29, 1.82) is 0 Å². The summed E-state index contributed by atoms with van der Waals surface area (Å²) in [6, 6.07) is 3.81. The van der Waals surface area contributed by atoms with Crippen molar-refractivity contribution < 1.29 is 20.4 Å². The molecule has 0 aromatic heterocycles. The van der Waals surface area contributed by atoms with Crippen LogP contribution in [0.1, 0.15) is 89.3 Å². The molecule has 0 radical (unpaired) electrons. The monoisotopic (exact) mass is 516 g/mol. The van der Waals surface area contributed by atoms with E-state index in [0.717, 1.165) is 30.2 Å². The summed E-state index contributed by atoms with van der Waals surface area (Å²) < 4.78 is 0. The zero-order valence-electron chi connectivity index (χ0n) is 23.6. The highest BCUT2D eigenvalue weighted by Gasteiger charge is 2.64. The Morgan fingerprint density at radius 1 is 1.03 bits per heavy atom. The summed E-state index contributed by atoms with van der Waals surface area (Å²) in [6.45, 7) is 20.7. The molecule has 4 aliphatic carbocycles. The average molecular weight is 517 g/mol. The fourth-order valence-electron chi connectivity index (χ4n) is 8.45. The van der Waals surface area contributed by atoms with Gasteiger partial charge in [-0.1, -0.05) is 72.3 Å². The van der Waals surface area contributed by atoms with Gasteiger partial charge >= 0.3 is 0 Å². The van der Waals surface area contributed by atoms with Gasteiger partial charge in [0.2, 0.25) is 0 Å². The molecule has 38 heavy (non-hydrogen) atoms. The largest absolute Gasteiger partial charge is 0.512 e. The molecule has 1 fully saturated rings. The predicted molar refractivity (Wildman–Crippen MR) is 154 cm³/mol. The van der Waals surface area contributed by atoms with Crippen LogP contribution in [-0.2, 0) is 12.8 Å². The minimum absolute atomic E-state index is 0.157. The first-order chi connectivity index (χ1) is 17.7. The van der Waals surface area contributed by atoms with E-state index in [9.17, 15) is 20.4 Å². The number of hydrogen-bond acceptors (Lipinski definition) is 4. The average Bonchev–Trinajstić information content (AvgIpc) is 2.81. The van der Waals surface area contributed by atoms with Gasteiger partial charge in [0.15, 0.2) is 5.60 Å². The lowest BCUT2D eigenvalue weighted by molar-refractivity contribution is -0.0866. The number of allylic oxidation sites excluding steroid dienone is 4. The van der Waals surface area contributed by atoms with Gasteiger partial charge in [-0.25, -0.2) is 0 Å². The van der Waals surface area contributed by atoms with Crippen LogP contribution in [0.15, 0.2) is 65.7 Å². The molecule has 0 spiro atoms. The van der Waals surface area contributed by atoms with Gasteiger partial charge in [-0.3, -0.25) is 0 Å². The molecule has 4 nitrogen and oxygen atoms in total. The van der Waals surface area contributed by atoms with Gasteiger partial charge in [-0.2, -0.15) is 0 Å². The second kappa shape index (κ2) is 8.91. The molecule has 4 aliphatic rings. The van der Waals surface area contributed by atoms with Crippen molar-refractivity contribution in [2.24, 2.45) is 22.7 Å². The van der Waals surface area contributed by atoms with Gasteiger partial charge in [-0.15, -0.1) is 0 Å². The highest BCUT2D eigenvalue weighted by atomic mass is 16.3. The van der Waals surface area contributed by atoms with Gasteiger partial charge in [0.25, 0.3) is 0 Å². The summed E-state index contributed by atoms with van der Waals surface area (Å²) in [5.74, 6) is 1.72. The van der Waals surface area contributed by atoms with Crippen molar-refractivity contribution in [2.75, 3.05) is 0 Å². The van der Waals surface area contributed by atoms with Crippen LogP contribution in [0.3, 0.4) is 0 Å². The Balaban J connectivity index is 1.58. The fraction of sp³-hybridized carbons (Fsp3) is 0.529. The number of aromatic hydroxyl groups is 1. The molecule has 5 rings (SSSR count). The van der Waals surface area contributed by atoms with Crippen LogP contribution in [0, 0.1) is 22.7 Å². The van der Waals surface area contributed by atoms with E-state index in [2.05, 4.69) is 39.7 Å². The third kappa shape index (κ3) is 3.74. The normalized spacial score (nSPS) is 35.1. The van der Waals surface area contributed by atoms with Crippen LogP contribution in [0.5, 0.6) is 5.75 Å². The van der Waals surface area contributed by atoms with E-state index in [1.165, 1.54) is 31.2 Å². The quantitative estimate of drug-likeness (QED) is 0.327. The van der Waals surface area contributed by atoms with Gasteiger partial charge in [0.05, 0.1) is 0 Å². The van der Waals surface area contributed by atoms with Crippen molar-refractivity contribution in [3.63, 3.8) is 0 Å². The van der Waals surface area contributed by atoms with Crippen molar-refractivity contribution in [3.05, 3.63) is 82.4 Å². The molecule has 1 aromatic carbocycles. The summed E-state index contributed by atoms with van der Waals surface area (Å²) in [7, 11) is 0. The summed E-state index contributed by atoms with van der Waals surface area (Å²) in [5, 5.41) is 46.1. The minimum Gasteiger partial charge on any atom is -0.512 e. The molecule has 0 bridgehead atoms. The van der Waals surface area contributed by atoms with Crippen LogP contribution in [0.25, 0.3) is 5.57 Å². The molecule has 0 heterocycles. The lowest BCUT2D eigenvalue weighted by Crippen LogP contribution is -2.59. The van der Waals surface area contributed by atoms with Gasteiger partial charge in [0, 0.05) is 34.0 Å². The maximum atomic E-state index is 12.2. The molecular formula is C34H44O4. The zero-order chi connectivity index (χ0) is 27.8. The molecule has 1 aromatic rings. The minimum atomic E-state index is -1.77. The van der Waals surface area contributed by atoms with E-state index in [4.69, 9.17) is 0 Å². The lowest BCUT2D eigenvalue weighted by atomic mass is 9.47. The second-order valence-corrected chi connectivity index (χ2v) is 13.4. The lowest BCUT2D eigenvalue weighted by Gasteiger charge is -2.58. The third-order valence-corrected chi connectivity index (χ3v) is 10.4. The molecule has 3 atom stereocenters. The van der Waals surface area contributed by atoms with E-state index >= 15 is 0 Å². The maximum absolute atomic E-state index is 12.2. The maximum Gasteiger partial charge on any atom is 0.152 e. The Hall–Kier alpha value is -2.72. The Labute approximate surface area is 227 Å². The van der Waals surface area contributed by atoms with Crippen molar-refractivity contribution in [2.45, 2.75) is 91.1 Å². The Bertz CT molecular complexity index is 1300. The smallest absolute Gasteiger partial charge is 0.152 e. The number of rotatable bonds is 4.